The molecule has 1 aromatic heterocycles. The molecule has 0 saturated heterocycles. The summed E-state index contributed by atoms with van der Waals surface area (Å²) in [7, 11) is 0. The van der Waals surface area contributed by atoms with Crippen molar-refractivity contribution in [3.8, 4) is 0 Å². The molecule has 2 aromatic rings. The molecular formula is C8H6N4. The van der Waals surface area contributed by atoms with Crippen LogP contribution in [0.5, 0.6) is 0 Å². The fourth-order valence-corrected chi connectivity index (χ4v) is 1.09. The van der Waals surface area contributed by atoms with Crippen LogP contribution in [0.15, 0.2) is 24.5 Å². The van der Waals surface area contributed by atoms with Gasteiger partial charge >= 0.3 is 0 Å². The number of benzene rings is 1. The van der Waals surface area contributed by atoms with Crippen LogP contribution < -0.4 is 5.84 Å². The summed E-state index contributed by atoms with van der Waals surface area (Å²) in [6, 6.07) is 5.22. The van der Waals surface area contributed by atoms with Gasteiger partial charge in [-0.15, -0.1) is 0 Å². The smallest absolute Gasteiger partial charge is 0.189 e. The second-order valence-electron chi connectivity index (χ2n) is 2.44. The van der Waals surface area contributed by atoms with Crippen LogP contribution in [-0.2, 0) is 0 Å². The normalized spacial score (nSPS) is 9.92. The van der Waals surface area contributed by atoms with Crippen molar-refractivity contribution in [1.82, 2.24) is 9.66 Å². The van der Waals surface area contributed by atoms with Crippen molar-refractivity contribution in [3.63, 3.8) is 0 Å². The van der Waals surface area contributed by atoms with E-state index in [0.717, 1.165) is 11.0 Å². The lowest BCUT2D eigenvalue weighted by Crippen LogP contribution is -2.04. The number of fused-ring (bicyclic) bond motifs is 1. The number of nitrogens with zero attached hydrogens (tertiary/aromatic N) is 3. The summed E-state index contributed by atoms with van der Waals surface area (Å²) in [6.45, 7) is 6.78. The first-order valence-corrected chi connectivity index (χ1v) is 3.41. The maximum absolute atomic E-state index is 6.78. The number of nitrogen functional groups attached to an aromatic ring is 1. The minimum Gasteiger partial charge on any atom is -0.338 e. The lowest BCUT2D eigenvalue weighted by molar-refractivity contribution is 1.04. The Morgan fingerprint density at radius 2 is 2.33 bits per heavy atom. The first-order chi connectivity index (χ1) is 5.81. The van der Waals surface area contributed by atoms with Crippen LogP contribution >= 0.6 is 0 Å². The highest BCUT2D eigenvalue weighted by Crippen LogP contribution is 2.18. The standard InChI is InChI=1S/C8H6N4/c1-10-6-2-3-8-7(4-6)11-5-12(8)9/h2-5H,9H2. The van der Waals surface area contributed by atoms with Crippen molar-refractivity contribution >= 4 is 16.7 Å². The topological polar surface area (TPSA) is 48.2 Å². The Hall–Kier alpha value is -2.02. The number of imidazole rings is 1. The molecule has 58 valence electrons. The van der Waals surface area contributed by atoms with Crippen LogP contribution in [0.2, 0.25) is 0 Å². The molecule has 0 bridgehead atoms. The highest BCUT2D eigenvalue weighted by Gasteiger charge is 1.99. The van der Waals surface area contributed by atoms with Gasteiger partial charge in [0.15, 0.2) is 5.69 Å². The summed E-state index contributed by atoms with van der Waals surface area (Å²) in [5.74, 6) is 5.54. The molecular weight excluding hydrogens is 152 g/mol. The molecule has 4 heteroatoms. The van der Waals surface area contributed by atoms with E-state index in [4.69, 9.17) is 12.4 Å². The molecule has 12 heavy (non-hydrogen) atoms. The molecule has 0 aliphatic carbocycles. The van der Waals surface area contributed by atoms with Crippen LogP contribution in [0.4, 0.5) is 5.69 Å². The summed E-state index contributed by atoms with van der Waals surface area (Å²) in [5.41, 5.74) is 2.18. The number of rotatable bonds is 0. The monoisotopic (exact) mass is 158 g/mol. The Morgan fingerprint density at radius 3 is 3.08 bits per heavy atom. The molecule has 0 atom stereocenters. The molecule has 0 unspecified atom stereocenters. The van der Waals surface area contributed by atoms with E-state index in [0.29, 0.717) is 5.69 Å². The minimum absolute atomic E-state index is 0.584. The van der Waals surface area contributed by atoms with E-state index in [1.165, 1.54) is 11.0 Å². The van der Waals surface area contributed by atoms with Gasteiger partial charge in [-0.3, -0.25) is 0 Å². The Morgan fingerprint density at radius 1 is 1.50 bits per heavy atom. The predicted octanol–water partition coefficient (Wildman–Crippen LogP) is 1.30. The number of nitrogens with two attached hydrogens (primary N) is 1. The van der Waals surface area contributed by atoms with E-state index in [9.17, 15) is 0 Å². The average Bonchev–Trinajstić information content (AvgIpc) is 2.47. The van der Waals surface area contributed by atoms with Crippen molar-refractivity contribution in [2.24, 2.45) is 0 Å². The summed E-state index contributed by atoms with van der Waals surface area (Å²) in [6.07, 6.45) is 1.53. The zero-order chi connectivity index (χ0) is 8.55. The molecule has 0 aliphatic heterocycles. The quantitative estimate of drug-likeness (QED) is 0.464. The second kappa shape index (κ2) is 2.24. The molecule has 1 aromatic carbocycles. The van der Waals surface area contributed by atoms with E-state index < -0.39 is 0 Å². The largest absolute Gasteiger partial charge is 0.338 e. The van der Waals surface area contributed by atoms with Crippen LogP contribution in [0.1, 0.15) is 0 Å². The van der Waals surface area contributed by atoms with E-state index in [-0.39, 0.29) is 0 Å². The maximum atomic E-state index is 6.78. The molecule has 0 fully saturated rings. The number of aromatic nitrogens is 2. The van der Waals surface area contributed by atoms with Crippen LogP contribution in [-0.4, -0.2) is 9.66 Å². The summed E-state index contributed by atoms with van der Waals surface area (Å²) in [4.78, 5) is 7.31. The van der Waals surface area contributed by atoms with Gasteiger partial charge in [0.05, 0.1) is 17.6 Å². The Labute approximate surface area is 69.0 Å². The van der Waals surface area contributed by atoms with Crippen molar-refractivity contribution in [2.45, 2.75) is 0 Å². The van der Waals surface area contributed by atoms with Crippen LogP contribution in [0.3, 0.4) is 0 Å². The van der Waals surface area contributed by atoms with E-state index in [1.807, 2.05) is 0 Å². The van der Waals surface area contributed by atoms with Crippen molar-refractivity contribution in [3.05, 3.63) is 35.9 Å². The zero-order valence-electron chi connectivity index (χ0n) is 6.23. The highest BCUT2D eigenvalue weighted by molar-refractivity contribution is 5.79. The van der Waals surface area contributed by atoms with Gasteiger partial charge in [-0.1, -0.05) is 6.07 Å². The van der Waals surface area contributed by atoms with Crippen LogP contribution in [0.25, 0.3) is 15.9 Å². The fourth-order valence-electron chi connectivity index (χ4n) is 1.09. The SMILES string of the molecule is [C-]#[N+]c1ccc2c(c1)ncn2N. The molecule has 0 amide bonds. The molecule has 0 radical (unpaired) electrons. The van der Waals surface area contributed by atoms with Gasteiger partial charge in [-0.05, 0) is 12.1 Å². The van der Waals surface area contributed by atoms with Crippen molar-refractivity contribution in [2.75, 3.05) is 5.84 Å². The van der Waals surface area contributed by atoms with Gasteiger partial charge in [-0.2, -0.15) is 0 Å². The van der Waals surface area contributed by atoms with E-state index in [2.05, 4.69) is 9.83 Å². The summed E-state index contributed by atoms with van der Waals surface area (Å²) >= 11 is 0. The maximum Gasteiger partial charge on any atom is 0.189 e. The zero-order valence-corrected chi connectivity index (χ0v) is 6.23. The third kappa shape index (κ3) is 0.805. The molecule has 0 spiro atoms. The van der Waals surface area contributed by atoms with E-state index in [1.54, 1.807) is 18.2 Å². The molecule has 0 aliphatic rings. The molecule has 4 nitrogen and oxygen atoms in total. The fraction of sp³-hybridized carbons (Fsp3) is 0. The first kappa shape index (κ1) is 6.68. The third-order valence-corrected chi connectivity index (χ3v) is 1.69. The van der Waals surface area contributed by atoms with Gasteiger partial charge in [0.25, 0.3) is 0 Å². The lowest BCUT2D eigenvalue weighted by Gasteiger charge is -1.93. The van der Waals surface area contributed by atoms with E-state index >= 15 is 0 Å². The number of hydrogen-bond donors (Lipinski definition) is 1. The van der Waals surface area contributed by atoms with Gasteiger partial charge in [-0.25, -0.2) is 14.5 Å². The molecule has 2 N–H and O–H groups in total. The second-order valence-corrected chi connectivity index (χ2v) is 2.44. The molecule has 0 saturated carbocycles. The lowest BCUT2D eigenvalue weighted by atomic mass is 10.3. The summed E-state index contributed by atoms with van der Waals surface area (Å²) in [5, 5.41) is 0. The molecule has 2 rings (SSSR count). The molecule has 1 heterocycles. The highest BCUT2D eigenvalue weighted by atomic mass is 15.3. The van der Waals surface area contributed by atoms with Gasteiger partial charge in [0.2, 0.25) is 0 Å². The first-order valence-electron chi connectivity index (χ1n) is 3.41. The third-order valence-electron chi connectivity index (χ3n) is 1.69. The summed E-state index contributed by atoms with van der Waals surface area (Å²) < 4.78 is 1.43. The Bertz CT molecular complexity index is 463. The van der Waals surface area contributed by atoms with Crippen molar-refractivity contribution in [1.29, 1.82) is 0 Å². The predicted molar refractivity (Wildman–Crippen MR) is 46.1 cm³/mol. The van der Waals surface area contributed by atoms with Crippen LogP contribution in [0, 0.1) is 6.57 Å². The van der Waals surface area contributed by atoms with Gasteiger partial charge < -0.3 is 5.84 Å². The Kier molecular flexibility index (Phi) is 1.25. The number of hydrogen-bond acceptors (Lipinski definition) is 2. The average molecular weight is 158 g/mol. The minimum atomic E-state index is 0.584. The van der Waals surface area contributed by atoms with Gasteiger partial charge in [0.1, 0.15) is 6.33 Å². The Balaban J connectivity index is 2.80. The van der Waals surface area contributed by atoms with Gasteiger partial charge in [0, 0.05) is 0 Å². The van der Waals surface area contributed by atoms with Crippen molar-refractivity contribution < 1.29 is 0 Å².